The van der Waals surface area contributed by atoms with Crippen LogP contribution in [0.3, 0.4) is 0 Å². The largest absolute Gasteiger partial charge is 0.481 e. The van der Waals surface area contributed by atoms with Crippen LogP contribution in [0.2, 0.25) is 0 Å². The molecule has 0 atom stereocenters. The number of carboxylic acids is 1. The lowest BCUT2D eigenvalue weighted by Crippen LogP contribution is -2.40. The predicted octanol–water partition coefficient (Wildman–Crippen LogP) is 0.552. The lowest BCUT2D eigenvalue weighted by molar-refractivity contribution is -0.142. The van der Waals surface area contributed by atoms with E-state index in [1.54, 1.807) is 0 Å². The SMILES string of the molecule is COC(=O)c1ccc(S(=O)(=O)N2CCC(C(=O)O)CC2)o1. The van der Waals surface area contributed by atoms with Crippen molar-refractivity contribution in [3.63, 3.8) is 0 Å². The summed E-state index contributed by atoms with van der Waals surface area (Å²) in [6.07, 6.45) is 0.498. The Hall–Kier alpha value is -1.87. The molecule has 8 nitrogen and oxygen atoms in total. The first kappa shape index (κ1) is 15.5. The average molecular weight is 317 g/mol. The summed E-state index contributed by atoms with van der Waals surface area (Å²) in [5.41, 5.74) is 0. The number of carbonyl (C=O) groups excluding carboxylic acids is 1. The first-order valence-corrected chi connectivity index (χ1v) is 7.71. The summed E-state index contributed by atoms with van der Waals surface area (Å²) in [5, 5.41) is 8.55. The number of esters is 1. The summed E-state index contributed by atoms with van der Waals surface area (Å²) in [6.45, 7) is 0.209. The van der Waals surface area contributed by atoms with E-state index in [0.717, 1.165) is 11.4 Å². The number of sulfonamides is 1. The second-order valence-corrected chi connectivity index (χ2v) is 6.50. The molecule has 2 heterocycles. The van der Waals surface area contributed by atoms with Crippen molar-refractivity contribution >= 4 is 22.0 Å². The van der Waals surface area contributed by atoms with Crippen molar-refractivity contribution in [2.75, 3.05) is 20.2 Å². The van der Waals surface area contributed by atoms with Gasteiger partial charge in [-0.05, 0) is 25.0 Å². The number of carboxylic acid groups (broad SMARTS) is 1. The molecule has 1 aliphatic heterocycles. The maximum Gasteiger partial charge on any atom is 0.374 e. The minimum atomic E-state index is -3.87. The van der Waals surface area contributed by atoms with Crippen LogP contribution in [0.4, 0.5) is 0 Å². The lowest BCUT2D eigenvalue weighted by Gasteiger charge is -2.28. The number of piperidine rings is 1. The first-order valence-electron chi connectivity index (χ1n) is 6.27. The highest BCUT2D eigenvalue weighted by Gasteiger charge is 2.34. The summed E-state index contributed by atoms with van der Waals surface area (Å²) < 4.78 is 35.3. The van der Waals surface area contributed by atoms with E-state index < -0.39 is 27.9 Å². The Morgan fingerprint density at radius 1 is 1.33 bits per heavy atom. The van der Waals surface area contributed by atoms with Gasteiger partial charge in [-0.3, -0.25) is 4.79 Å². The number of furan rings is 1. The molecule has 0 aliphatic carbocycles. The molecule has 1 N–H and O–H groups in total. The molecule has 0 saturated carbocycles. The van der Waals surface area contributed by atoms with Crippen LogP contribution in [0.5, 0.6) is 0 Å². The van der Waals surface area contributed by atoms with Gasteiger partial charge in [0, 0.05) is 13.1 Å². The third-order valence-corrected chi connectivity index (χ3v) is 5.14. The van der Waals surface area contributed by atoms with Crippen molar-refractivity contribution in [1.82, 2.24) is 4.31 Å². The number of nitrogens with zero attached hydrogens (tertiary/aromatic N) is 1. The molecule has 0 radical (unpaired) electrons. The molecular formula is C12H15NO7S. The molecule has 0 spiro atoms. The van der Waals surface area contributed by atoms with E-state index in [0.29, 0.717) is 0 Å². The molecule has 9 heteroatoms. The molecule has 1 saturated heterocycles. The fourth-order valence-corrected chi connectivity index (χ4v) is 3.52. The Kier molecular flexibility index (Phi) is 4.33. The van der Waals surface area contributed by atoms with E-state index >= 15 is 0 Å². The second kappa shape index (κ2) is 5.86. The molecule has 0 aromatic carbocycles. The van der Waals surface area contributed by atoms with Crippen molar-refractivity contribution in [2.45, 2.75) is 17.9 Å². The van der Waals surface area contributed by atoms with Crippen LogP contribution < -0.4 is 0 Å². The van der Waals surface area contributed by atoms with Gasteiger partial charge >= 0.3 is 11.9 Å². The van der Waals surface area contributed by atoms with E-state index in [4.69, 9.17) is 9.52 Å². The fourth-order valence-electron chi connectivity index (χ4n) is 2.14. The van der Waals surface area contributed by atoms with Gasteiger partial charge in [-0.15, -0.1) is 0 Å². The van der Waals surface area contributed by atoms with Crippen LogP contribution in [-0.2, 0) is 19.6 Å². The highest BCUT2D eigenvalue weighted by atomic mass is 32.2. The molecule has 0 unspecified atom stereocenters. The summed E-state index contributed by atoms with van der Waals surface area (Å²) >= 11 is 0. The van der Waals surface area contributed by atoms with Crippen molar-refractivity contribution in [3.05, 3.63) is 17.9 Å². The second-order valence-electron chi connectivity index (χ2n) is 4.63. The van der Waals surface area contributed by atoms with Gasteiger partial charge in [0.2, 0.25) is 10.9 Å². The molecule has 1 aromatic heterocycles. The monoisotopic (exact) mass is 317 g/mol. The summed E-state index contributed by atoms with van der Waals surface area (Å²) in [4.78, 5) is 22.1. The van der Waals surface area contributed by atoms with Gasteiger partial charge in [0.25, 0.3) is 10.0 Å². The smallest absolute Gasteiger partial charge is 0.374 e. The molecule has 1 aliphatic rings. The van der Waals surface area contributed by atoms with Crippen molar-refractivity contribution in [2.24, 2.45) is 5.92 Å². The molecule has 0 bridgehead atoms. The molecule has 1 aromatic rings. The maximum absolute atomic E-state index is 12.3. The normalized spacial score (nSPS) is 17.6. The summed E-state index contributed by atoms with van der Waals surface area (Å²) in [6, 6.07) is 2.41. The zero-order valence-electron chi connectivity index (χ0n) is 11.3. The van der Waals surface area contributed by atoms with Crippen LogP contribution in [0.25, 0.3) is 0 Å². The minimum absolute atomic E-state index is 0.105. The number of aliphatic carboxylic acids is 1. The third kappa shape index (κ3) is 3.08. The third-order valence-electron chi connectivity index (χ3n) is 3.37. The van der Waals surface area contributed by atoms with Gasteiger partial charge in [-0.25, -0.2) is 13.2 Å². The van der Waals surface area contributed by atoms with Crippen LogP contribution in [0.1, 0.15) is 23.4 Å². The number of hydrogen-bond acceptors (Lipinski definition) is 6. The van der Waals surface area contributed by atoms with Gasteiger partial charge in [0.15, 0.2) is 0 Å². The zero-order valence-corrected chi connectivity index (χ0v) is 12.1. The van der Waals surface area contributed by atoms with Crippen LogP contribution >= 0.6 is 0 Å². The van der Waals surface area contributed by atoms with E-state index in [1.807, 2.05) is 0 Å². The molecule has 2 rings (SSSR count). The number of hydrogen-bond donors (Lipinski definition) is 1. The molecule has 21 heavy (non-hydrogen) atoms. The van der Waals surface area contributed by atoms with E-state index in [-0.39, 0.29) is 36.8 Å². The first-order chi connectivity index (χ1) is 9.86. The van der Waals surface area contributed by atoms with Gasteiger partial charge in [0.05, 0.1) is 13.0 Å². The number of rotatable bonds is 4. The molecule has 1 fully saturated rings. The Balaban J connectivity index is 2.14. The van der Waals surface area contributed by atoms with Crippen molar-refractivity contribution in [3.8, 4) is 0 Å². The number of methoxy groups -OCH3 is 1. The summed E-state index contributed by atoms with van der Waals surface area (Å²) in [7, 11) is -2.70. The zero-order chi connectivity index (χ0) is 15.6. The predicted molar refractivity (Wildman–Crippen MR) is 69.2 cm³/mol. The van der Waals surface area contributed by atoms with Crippen LogP contribution in [-0.4, -0.2) is 50.0 Å². The molecular weight excluding hydrogens is 302 g/mol. The highest BCUT2D eigenvalue weighted by Crippen LogP contribution is 2.25. The Morgan fingerprint density at radius 2 is 1.95 bits per heavy atom. The van der Waals surface area contributed by atoms with Crippen LogP contribution in [0, 0.1) is 5.92 Å². The fraction of sp³-hybridized carbons (Fsp3) is 0.500. The number of ether oxygens (including phenoxy) is 1. The van der Waals surface area contributed by atoms with Gasteiger partial charge in [0.1, 0.15) is 0 Å². The van der Waals surface area contributed by atoms with Crippen LogP contribution in [0.15, 0.2) is 21.6 Å². The van der Waals surface area contributed by atoms with Gasteiger partial charge < -0.3 is 14.3 Å². The Bertz CT molecular complexity index is 640. The molecule has 0 amide bonds. The van der Waals surface area contributed by atoms with Crippen molar-refractivity contribution in [1.29, 1.82) is 0 Å². The van der Waals surface area contributed by atoms with E-state index in [2.05, 4.69) is 4.74 Å². The van der Waals surface area contributed by atoms with Gasteiger partial charge in [-0.1, -0.05) is 0 Å². The van der Waals surface area contributed by atoms with E-state index in [1.165, 1.54) is 12.1 Å². The summed E-state index contributed by atoms with van der Waals surface area (Å²) in [5.74, 6) is -2.41. The Labute approximate surface area is 121 Å². The van der Waals surface area contributed by atoms with Crippen molar-refractivity contribution < 1.29 is 32.3 Å². The minimum Gasteiger partial charge on any atom is -0.481 e. The average Bonchev–Trinajstić information content (AvgIpc) is 2.97. The quantitative estimate of drug-likeness (QED) is 0.806. The molecule has 116 valence electrons. The number of carbonyl (C=O) groups is 2. The topological polar surface area (TPSA) is 114 Å². The van der Waals surface area contributed by atoms with Gasteiger partial charge in [-0.2, -0.15) is 4.31 Å². The maximum atomic E-state index is 12.3. The lowest BCUT2D eigenvalue weighted by atomic mass is 9.99. The standard InChI is InChI=1S/C12H15NO7S/c1-19-12(16)9-2-3-10(20-9)21(17,18)13-6-4-8(5-7-13)11(14)15/h2-3,8H,4-7H2,1H3,(H,14,15). The Morgan fingerprint density at radius 3 is 2.48 bits per heavy atom. The van der Waals surface area contributed by atoms with E-state index in [9.17, 15) is 18.0 Å². The highest BCUT2D eigenvalue weighted by molar-refractivity contribution is 7.89.